The molecule has 7 heteroatoms. The third-order valence-corrected chi connectivity index (χ3v) is 2.24. The fourth-order valence-corrected chi connectivity index (χ4v) is 1.30. The van der Waals surface area contributed by atoms with E-state index >= 15 is 0 Å². The highest BCUT2D eigenvalue weighted by molar-refractivity contribution is 6.30. The van der Waals surface area contributed by atoms with Gasteiger partial charge in [-0.2, -0.15) is 0 Å². The van der Waals surface area contributed by atoms with Crippen molar-refractivity contribution >= 4 is 29.2 Å². The Hall–Kier alpha value is -2.21. The average molecular weight is 263 g/mol. The third-order valence-electron chi connectivity index (χ3n) is 1.98. The van der Waals surface area contributed by atoms with E-state index < -0.39 is 0 Å². The van der Waals surface area contributed by atoms with Gasteiger partial charge in [-0.05, 0) is 24.3 Å². The van der Waals surface area contributed by atoms with E-state index in [-0.39, 0.29) is 0 Å². The van der Waals surface area contributed by atoms with Gasteiger partial charge in [0.25, 0.3) is 11.9 Å². The number of anilines is 3. The van der Waals surface area contributed by atoms with Gasteiger partial charge in [0.15, 0.2) is 0 Å². The smallest absolute Gasteiger partial charge is 0.266 e. The summed E-state index contributed by atoms with van der Waals surface area (Å²) in [7, 11) is 0. The molecular weight excluding hydrogens is 252 g/mol. The lowest BCUT2D eigenvalue weighted by Gasteiger charge is -2.04. The maximum Gasteiger partial charge on any atom is 0.266 e. The molecule has 0 bridgehead atoms. The lowest BCUT2D eigenvalue weighted by atomic mass is 10.3. The van der Waals surface area contributed by atoms with E-state index in [0.717, 1.165) is 5.69 Å². The van der Waals surface area contributed by atoms with Crippen molar-refractivity contribution in [1.29, 1.82) is 0 Å². The molecule has 0 aliphatic heterocycles. The zero-order valence-electron chi connectivity index (χ0n) is 9.47. The molecule has 2 aromatic rings. The van der Waals surface area contributed by atoms with E-state index in [0.29, 0.717) is 23.5 Å². The van der Waals surface area contributed by atoms with Crippen molar-refractivity contribution in [3.8, 4) is 0 Å². The molecule has 0 saturated carbocycles. The van der Waals surface area contributed by atoms with Crippen molar-refractivity contribution in [2.24, 2.45) is 0 Å². The molecule has 6 nitrogen and oxygen atoms in total. The fraction of sp³-hybridized carbons (Fsp3) is 0.0909. The summed E-state index contributed by atoms with van der Waals surface area (Å²) in [5.41, 5.74) is 0.815. The molecule has 0 spiro atoms. The molecule has 0 fully saturated rings. The molecule has 2 N–H and O–H groups in total. The average Bonchev–Trinajstić information content (AvgIpc) is 2.41. The summed E-state index contributed by atoms with van der Waals surface area (Å²) in [5.74, 6) is 0.679. The van der Waals surface area contributed by atoms with Gasteiger partial charge in [0, 0.05) is 17.3 Å². The van der Waals surface area contributed by atoms with Crippen LogP contribution in [-0.2, 0) is 0 Å². The zero-order valence-corrected chi connectivity index (χ0v) is 10.2. The molecule has 0 unspecified atom stereocenters. The van der Waals surface area contributed by atoms with Crippen LogP contribution in [-0.4, -0.2) is 26.9 Å². The number of aromatic nitrogens is 4. The Morgan fingerprint density at radius 2 is 1.67 bits per heavy atom. The van der Waals surface area contributed by atoms with Crippen molar-refractivity contribution in [2.75, 3.05) is 17.2 Å². The molecule has 92 valence electrons. The molecule has 18 heavy (non-hydrogen) atoms. The SMILES string of the molecule is C=CCNc1nnc(Nc2ccc(Cl)cc2)nn1. The van der Waals surface area contributed by atoms with Crippen LogP contribution in [0.1, 0.15) is 0 Å². The summed E-state index contributed by atoms with van der Waals surface area (Å²) >= 11 is 5.78. The van der Waals surface area contributed by atoms with Crippen LogP contribution in [0.3, 0.4) is 0 Å². The minimum absolute atomic E-state index is 0.321. The lowest BCUT2D eigenvalue weighted by molar-refractivity contribution is 0.868. The monoisotopic (exact) mass is 262 g/mol. The second-order valence-electron chi connectivity index (χ2n) is 3.35. The van der Waals surface area contributed by atoms with Gasteiger partial charge in [-0.25, -0.2) is 0 Å². The second kappa shape index (κ2) is 5.92. The standard InChI is InChI=1S/C11H11ClN6/c1-2-7-13-10-15-17-11(18-16-10)14-9-5-3-8(12)4-6-9/h2-6H,1,7H2,(H,13,15,16)(H,14,17,18). The lowest BCUT2D eigenvalue weighted by Crippen LogP contribution is -2.08. The molecule has 1 heterocycles. The maximum absolute atomic E-state index is 5.78. The Bertz CT molecular complexity index is 510. The van der Waals surface area contributed by atoms with E-state index in [1.807, 2.05) is 12.1 Å². The third kappa shape index (κ3) is 3.39. The highest BCUT2D eigenvalue weighted by atomic mass is 35.5. The Labute approximate surface area is 109 Å². The van der Waals surface area contributed by atoms with Crippen LogP contribution in [0.5, 0.6) is 0 Å². The highest BCUT2D eigenvalue weighted by Gasteiger charge is 2.00. The van der Waals surface area contributed by atoms with E-state index in [2.05, 4.69) is 37.6 Å². The molecule has 1 aromatic heterocycles. The number of rotatable bonds is 5. The van der Waals surface area contributed by atoms with Gasteiger partial charge in [0.05, 0.1) is 0 Å². The van der Waals surface area contributed by atoms with Crippen LogP contribution in [0.2, 0.25) is 5.02 Å². The summed E-state index contributed by atoms with van der Waals surface area (Å²) in [4.78, 5) is 0. The van der Waals surface area contributed by atoms with Crippen molar-refractivity contribution in [3.63, 3.8) is 0 Å². The van der Waals surface area contributed by atoms with E-state index in [1.165, 1.54) is 0 Å². The van der Waals surface area contributed by atoms with Gasteiger partial charge < -0.3 is 10.6 Å². The largest absolute Gasteiger partial charge is 0.348 e. The van der Waals surface area contributed by atoms with Crippen molar-refractivity contribution in [2.45, 2.75) is 0 Å². The van der Waals surface area contributed by atoms with Crippen molar-refractivity contribution in [3.05, 3.63) is 41.9 Å². The number of benzene rings is 1. The fourth-order valence-electron chi connectivity index (χ4n) is 1.18. The normalized spacial score (nSPS) is 9.83. The van der Waals surface area contributed by atoms with Crippen LogP contribution in [0.15, 0.2) is 36.9 Å². The Morgan fingerprint density at radius 3 is 2.28 bits per heavy atom. The first-order valence-electron chi connectivity index (χ1n) is 5.22. The minimum atomic E-state index is 0.321. The molecule has 0 aliphatic rings. The van der Waals surface area contributed by atoms with Gasteiger partial charge >= 0.3 is 0 Å². The van der Waals surface area contributed by atoms with E-state index in [4.69, 9.17) is 11.6 Å². The zero-order chi connectivity index (χ0) is 12.8. The molecule has 0 saturated heterocycles. The first-order chi connectivity index (χ1) is 8.78. The summed E-state index contributed by atoms with van der Waals surface area (Å²) < 4.78 is 0. The topological polar surface area (TPSA) is 75.6 Å². The van der Waals surface area contributed by atoms with Crippen LogP contribution >= 0.6 is 11.6 Å². The molecular formula is C11H11ClN6. The van der Waals surface area contributed by atoms with Gasteiger partial charge in [-0.3, -0.25) is 0 Å². The van der Waals surface area contributed by atoms with Crippen molar-refractivity contribution in [1.82, 2.24) is 20.4 Å². The summed E-state index contributed by atoms with van der Waals surface area (Å²) in [5, 5.41) is 22.0. The van der Waals surface area contributed by atoms with Crippen molar-refractivity contribution < 1.29 is 0 Å². The van der Waals surface area contributed by atoms with E-state index in [1.54, 1.807) is 18.2 Å². The number of hydrogen-bond donors (Lipinski definition) is 2. The molecule has 0 atom stereocenters. The predicted octanol–water partition coefficient (Wildman–Crippen LogP) is 2.26. The number of nitrogens with one attached hydrogen (secondary N) is 2. The predicted molar refractivity (Wildman–Crippen MR) is 71.0 cm³/mol. The van der Waals surface area contributed by atoms with Crippen LogP contribution < -0.4 is 10.6 Å². The molecule has 0 aliphatic carbocycles. The van der Waals surface area contributed by atoms with Gasteiger partial charge in [-0.15, -0.1) is 27.0 Å². The molecule has 0 radical (unpaired) electrons. The summed E-state index contributed by atoms with van der Waals surface area (Å²) in [6.45, 7) is 4.14. The first kappa shape index (κ1) is 12.3. The first-order valence-corrected chi connectivity index (χ1v) is 5.60. The molecule has 2 rings (SSSR count). The number of nitrogens with zero attached hydrogens (tertiary/aromatic N) is 4. The summed E-state index contributed by atoms with van der Waals surface area (Å²) in [6.07, 6.45) is 1.70. The van der Waals surface area contributed by atoms with Crippen LogP contribution in [0, 0.1) is 0 Å². The summed E-state index contributed by atoms with van der Waals surface area (Å²) in [6, 6.07) is 7.17. The second-order valence-corrected chi connectivity index (χ2v) is 3.79. The van der Waals surface area contributed by atoms with Gasteiger partial charge in [0.1, 0.15) is 0 Å². The number of hydrogen-bond acceptors (Lipinski definition) is 6. The molecule has 1 aromatic carbocycles. The van der Waals surface area contributed by atoms with Gasteiger partial charge in [0.2, 0.25) is 0 Å². The van der Waals surface area contributed by atoms with Crippen LogP contribution in [0.4, 0.5) is 17.6 Å². The number of halogens is 1. The van der Waals surface area contributed by atoms with Crippen LogP contribution in [0.25, 0.3) is 0 Å². The Kier molecular flexibility index (Phi) is 4.03. The Morgan fingerprint density at radius 1 is 1.06 bits per heavy atom. The highest BCUT2D eigenvalue weighted by Crippen LogP contribution is 2.15. The molecule has 0 amide bonds. The quantitative estimate of drug-likeness (QED) is 0.805. The van der Waals surface area contributed by atoms with Gasteiger partial charge in [-0.1, -0.05) is 17.7 Å². The Balaban J connectivity index is 2.01. The van der Waals surface area contributed by atoms with E-state index in [9.17, 15) is 0 Å². The minimum Gasteiger partial charge on any atom is -0.348 e. The maximum atomic E-state index is 5.78.